The molecule has 1 aromatic rings. The highest BCUT2D eigenvalue weighted by Gasteiger charge is 2.25. The Morgan fingerprint density at radius 2 is 1.94 bits per heavy atom. The molecule has 6 nitrogen and oxygen atoms in total. The van der Waals surface area contributed by atoms with Crippen LogP contribution in [0.25, 0.3) is 0 Å². The van der Waals surface area contributed by atoms with Crippen molar-refractivity contribution < 1.29 is 12.8 Å². The Balaban J connectivity index is 2.12. The predicted molar refractivity (Wildman–Crippen MR) is 65.6 cm³/mol. The van der Waals surface area contributed by atoms with E-state index in [1.54, 1.807) is 4.90 Å². The molecule has 0 saturated carbocycles. The Hall–Kier alpha value is -0.990. The zero-order valence-electron chi connectivity index (χ0n) is 9.68. The highest BCUT2D eigenvalue weighted by Crippen LogP contribution is 2.19. The topological polar surface area (TPSA) is 66.4 Å². The van der Waals surface area contributed by atoms with Crippen LogP contribution in [0, 0.1) is 5.82 Å². The van der Waals surface area contributed by atoms with E-state index in [1.807, 2.05) is 0 Å². The smallest absolute Gasteiger partial charge is 0.224 e. The number of rotatable bonds is 2. The van der Waals surface area contributed by atoms with Crippen LogP contribution in [-0.4, -0.2) is 55.1 Å². The molecule has 2 rings (SSSR count). The summed E-state index contributed by atoms with van der Waals surface area (Å²) in [5, 5.41) is -0.0306. The van der Waals surface area contributed by atoms with Crippen LogP contribution in [0.3, 0.4) is 0 Å². The molecule has 1 aliphatic heterocycles. The fourth-order valence-corrected chi connectivity index (χ4v) is 2.75. The van der Waals surface area contributed by atoms with Crippen LogP contribution in [0.15, 0.2) is 6.20 Å². The number of aromatic nitrogens is 2. The second-order valence-corrected chi connectivity index (χ2v) is 6.28. The van der Waals surface area contributed by atoms with Crippen LogP contribution in [0.1, 0.15) is 0 Å². The Labute approximate surface area is 109 Å². The summed E-state index contributed by atoms with van der Waals surface area (Å²) < 4.78 is 37.6. The van der Waals surface area contributed by atoms with Gasteiger partial charge in [0.15, 0.2) is 11.6 Å². The highest BCUT2D eigenvalue weighted by molar-refractivity contribution is 7.88. The Morgan fingerprint density at radius 3 is 2.50 bits per heavy atom. The molecule has 0 radical (unpaired) electrons. The Bertz CT molecular complexity index is 545. The van der Waals surface area contributed by atoms with Crippen molar-refractivity contribution in [2.24, 2.45) is 0 Å². The van der Waals surface area contributed by atoms with Crippen LogP contribution < -0.4 is 4.90 Å². The molecule has 0 bridgehead atoms. The third-order valence-electron chi connectivity index (χ3n) is 2.70. The lowest BCUT2D eigenvalue weighted by Gasteiger charge is -2.33. The van der Waals surface area contributed by atoms with Crippen molar-refractivity contribution in [2.45, 2.75) is 0 Å². The first-order chi connectivity index (χ1) is 8.38. The van der Waals surface area contributed by atoms with E-state index in [4.69, 9.17) is 11.6 Å². The number of piperazine rings is 1. The summed E-state index contributed by atoms with van der Waals surface area (Å²) in [5.41, 5.74) is 0. The lowest BCUT2D eigenvalue weighted by molar-refractivity contribution is 0.384. The van der Waals surface area contributed by atoms with Crippen molar-refractivity contribution in [3.05, 3.63) is 17.3 Å². The maximum atomic E-state index is 13.5. The van der Waals surface area contributed by atoms with E-state index in [9.17, 15) is 12.8 Å². The van der Waals surface area contributed by atoms with Gasteiger partial charge in [-0.25, -0.2) is 17.8 Å². The molecule has 0 aromatic carbocycles. The van der Waals surface area contributed by atoms with Gasteiger partial charge < -0.3 is 4.90 Å². The van der Waals surface area contributed by atoms with Gasteiger partial charge in [-0.2, -0.15) is 9.29 Å². The number of hydrogen-bond donors (Lipinski definition) is 0. The van der Waals surface area contributed by atoms with Gasteiger partial charge in [-0.15, -0.1) is 0 Å². The van der Waals surface area contributed by atoms with Crippen molar-refractivity contribution in [2.75, 3.05) is 37.3 Å². The molecular formula is C9H12ClFN4O2S. The molecule has 2 heterocycles. The quantitative estimate of drug-likeness (QED) is 0.737. The number of hydrogen-bond acceptors (Lipinski definition) is 5. The first kappa shape index (κ1) is 13.4. The van der Waals surface area contributed by atoms with Crippen molar-refractivity contribution in [3.63, 3.8) is 0 Å². The van der Waals surface area contributed by atoms with E-state index >= 15 is 0 Å². The highest BCUT2D eigenvalue weighted by atomic mass is 35.5. The third kappa shape index (κ3) is 2.88. The maximum Gasteiger partial charge on any atom is 0.224 e. The molecule has 0 unspecified atom stereocenters. The van der Waals surface area contributed by atoms with Gasteiger partial charge in [0, 0.05) is 26.2 Å². The largest absolute Gasteiger partial charge is 0.351 e. The monoisotopic (exact) mass is 294 g/mol. The summed E-state index contributed by atoms with van der Waals surface area (Å²) in [7, 11) is -3.20. The van der Waals surface area contributed by atoms with Gasteiger partial charge in [0.1, 0.15) is 0 Å². The lowest BCUT2D eigenvalue weighted by atomic mass is 10.3. The molecule has 0 spiro atoms. The van der Waals surface area contributed by atoms with Gasteiger partial charge in [-0.1, -0.05) is 0 Å². The van der Waals surface area contributed by atoms with E-state index in [2.05, 4.69) is 9.97 Å². The van der Waals surface area contributed by atoms with E-state index in [-0.39, 0.29) is 11.1 Å². The average molecular weight is 295 g/mol. The van der Waals surface area contributed by atoms with Gasteiger partial charge in [0.25, 0.3) is 0 Å². The number of anilines is 1. The molecule has 0 N–H and O–H groups in total. The van der Waals surface area contributed by atoms with Gasteiger partial charge >= 0.3 is 0 Å². The molecule has 1 aliphatic rings. The summed E-state index contributed by atoms with van der Waals surface area (Å²) >= 11 is 5.62. The molecule has 100 valence electrons. The first-order valence-corrected chi connectivity index (χ1v) is 7.48. The molecule has 1 aromatic heterocycles. The van der Waals surface area contributed by atoms with Crippen molar-refractivity contribution in [1.82, 2.24) is 14.3 Å². The van der Waals surface area contributed by atoms with Gasteiger partial charge in [0.05, 0.1) is 12.5 Å². The van der Waals surface area contributed by atoms with Crippen LogP contribution in [0.5, 0.6) is 0 Å². The van der Waals surface area contributed by atoms with Crippen LogP contribution >= 0.6 is 11.6 Å². The zero-order chi connectivity index (χ0) is 13.3. The molecule has 18 heavy (non-hydrogen) atoms. The van der Waals surface area contributed by atoms with Crippen LogP contribution in [0.2, 0.25) is 5.28 Å². The van der Waals surface area contributed by atoms with Gasteiger partial charge in [0.2, 0.25) is 15.3 Å². The maximum absolute atomic E-state index is 13.5. The minimum absolute atomic E-state index is 0.0306. The standard InChI is InChI=1S/C9H12ClFN4O2S/c1-18(16,17)15-4-2-14(3-5-15)8-7(11)6-12-9(10)13-8/h6H,2-5H2,1H3. The fraction of sp³-hybridized carbons (Fsp3) is 0.556. The van der Waals surface area contributed by atoms with E-state index in [0.29, 0.717) is 26.2 Å². The SMILES string of the molecule is CS(=O)(=O)N1CCN(c2nc(Cl)ncc2F)CC1. The minimum Gasteiger partial charge on any atom is -0.351 e. The van der Waals surface area contributed by atoms with Crippen LogP contribution in [0.4, 0.5) is 10.2 Å². The first-order valence-electron chi connectivity index (χ1n) is 5.26. The summed E-state index contributed by atoms with van der Waals surface area (Å²) in [6, 6.07) is 0. The summed E-state index contributed by atoms with van der Waals surface area (Å²) in [4.78, 5) is 9.01. The molecule has 1 fully saturated rings. The van der Waals surface area contributed by atoms with E-state index < -0.39 is 15.8 Å². The second kappa shape index (κ2) is 4.94. The molecule has 0 amide bonds. The van der Waals surface area contributed by atoms with Gasteiger partial charge in [-0.05, 0) is 11.6 Å². The third-order valence-corrected chi connectivity index (χ3v) is 4.19. The van der Waals surface area contributed by atoms with Crippen molar-refractivity contribution in [3.8, 4) is 0 Å². The minimum atomic E-state index is -3.20. The zero-order valence-corrected chi connectivity index (χ0v) is 11.2. The fourth-order valence-electron chi connectivity index (χ4n) is 1.79. The van der Waals surface area contributed by atoms with Crippen LogP contribution in [-0.2, 0) is 10.0 Å². The Kier molecular flexibility index (Phi) is 3.69. The number of sulfonamides is 1. The lowest BCUT2D eigenvalue weighted by Crippen LogP contribution is -2.48. The summed E-state index contributed by atoms with van der Waals surface area (Å²) in [5.74, 6) is -0.449. The average Bonchev–Trinajstić information content (AvgIpc) is 2.31. The van der Waals surface area contributed by atoms with Crippen molar-refractivity contribution in [1.29, 1.82) is 0 Å². The predicted octanol–water partition coefficient (Wildman–Crippen LogP) is 0.351. The number of halogens is 2. The van der Waals surface area contributed by atoms with E-state index in [0.717, 1.165) is 12.5 Å². The van der Waals surface area contributed by atoms with Crippen molar-refractivity contribution >= 4 is 27.4 Å². The molecule has 0 aliphatic carbocycles. The second-order valence-electron chi connectivity index (χ2n) is 3.96. The molecule has 9 heteroatoms. The molecular weight excluding hydrogens is 283 g/mol. The molecule has 1 saturated heterocycles. The Morgan fingerprint density at radius 1 is 1.33 bits per heavy atom. The number of nitrogens with zero attached hydrogens (tertiary/aromatic N) is 4. The normalized spacial score (nSPS) is 18.1. The van der Waals surface area contributed by atoms with Gasteiger partial charge in [-0.3, -0.25) is 0 Å². The summed E-state index contributed by atoms with van der Waals surface area (Å²) in [6.45, 7) is 1.36. The van der Waals surface area contributed by atoms with E-state index in [1.165, 1.54) is 4.31 Å². The summed E-state index contributed by atoms with van der Waals surface area (Å²) in [6.07, 6.45) is 2.17. The molecule has 0 atom stereocenters.